The average molecular weight is 503 g/mol. The van der Waals surface area contributed by atoms with Gasteiger partial charge in [-0.25, -0.2) is 9.59 Å². The number of benzene rings is 2. The molecule has 1 N–H and O–H groups in total. The molecular weight excluding hydrogens is 473 g/mol. The predicted octanol–water partition coefficient (Wildman–Crippen LogP) is 4.79. The van der Waals surface area contributed by atoms with Crippen molar-refractivity contribution < 1.29 is 32.2 Å². The lowest BCUT2D eigenvalue weighted by molar-refractivity contribution is -0.141. The van der Waals surface area contributed by atoms with E-state index < -0.39 is 29.6 Å². The van der Waals surface area contributed by atoms with Gasteiger partial charge in [0.15, 0.2) is 0 Å². The molecule has 1 unspecified atom stereocenters. The molecule has 3 rings (SSSR count). The Kier molecular flexibility index (Phi) is 8.57. The van der Waals surface area contributed by atoms with E-state index in [9.17, 15) is 22.8 Å². The number of nitrogens with one attached hydrogen (secondary N) is 1. The van der Waals surface area contributed by atoms with Crippen molar-refractivity contribution in [2.75, 3.05) is 27.3 Å². The molecule has 0 bridgehead atoms. The molecule has 0 fully saturated rings. The second-order valence-corrected chi connectivity index (χ2v) is 8.57. The molecule has 0 radical (unpaired) electrons. The summed E-state index contributed by atoms with van der Waals surface area (Å²) in [6.45, 7) is 4.18. The lowest BCUT2D eigenvalue weighted by Crippen LogP contribution is -2.34. The first kappa shape index (κ1) is 27.0. The van der Waals surface area contributed by atoms with Crippen LogP contribution < -0.4 is 5.32 Å². The van der Waals surface area contributed by atoms with Crippen molar-refractivity contribution in [2.24, 2.45) is 0 Å². The Labute approximate surface area is 208 Å². The average Bonchev–Trinajstić information content (AvgIpc) is 2.83. The molecule has 0 saturated carbocycles. The van der Waals surface area contributed by atoms with Crippen LogP contribution >= 0.6 is 0 Å². The van der Waals surface area contributed by atoms with Gasteiger partial charge in [-0.05, 0) is 38.1 Å². The van der Waals surface area contributed by atoms with E-state index in [1.54, 1.807) is 13.8 Å². The molecule has 0 spiro atoms. The van der Waals surface area contributed by atoms with Gasteiger partial charge in [0.1, 0.15) is 6.61 Å². The molecule has 192 valence electrons. The zero-order valence-corrected chi connectivity index (χ0v) is 20.6. The lowest BCUT2D eigenvalue weighted by atomic mass is 9.78. The van der Waals surface area contributed by atoms with Crippen molar-refractivity contribution >= 4 is 11.9 Å². The summed E-state index contributed by atoms with van der Waals surface area (Å²) >= 11 is 0. The summed E-state index contributed by atoms with van der Waals surface area (Å²) in [4.78, 5) is 27.9. The fraction of sp³-hybridized carbons (Fsp3) is 0.333. The van der Waals surface area contributed by atoms with E-state index >= 15 is 0 Å². The maximum absolute atomic E-state index is 13.9. The fourth-order valence-corrected chi connectivity index (χ4v) is 4.31. The van der Waals surface area contributed by atoms with Gasteiger partial charge in [-0.15, -0.1) is 0 Å². The molecule has 1 aliphatic rings. The SMILES string of the molecule is COC(=O)C1=C(C)NC(C)=C(C(=O)OCCN(C)Cc2ccccc2)C1c1ccccc1C(F)(F)F. The largest absolute Gasteiger partial charge is 0.466 e. The maximum Gasteiger partial charge on any atom is 0.416 e. The molecule has 0 aliphatic carbocycles. The van der Waals surface area contributed by atoms with Crippen LogP contribution in [0.15, 0.2) is 77.1 Å². The smallest absolute Gasteiger partial charge is 0.416 e. The Balaban J connectivity index is 1.90. The summed E-state index contributed by atoms with van der Waals surface area (Å²) in [5.74, 6) is -2.95. The molecule has 2 aromatic carbocycles. The first-order chi connectivity index (χ1) is 17.0. The number of carbonyl (C=O) groups excluding carboxylic acids is 2. The highest BCUT2D eigenvalue weighted by Gasteiger charge is 2.43. The third-order valence-corrected chi connectivity index (χ3v) is 5.96. The molecule has 0 amide bonds. The van der Waals surface area contributed by atoms with E-state index in [0.29, 0.717) is 24.5 Å². The zero-order chi connectivity index (χ0) is 26.5. The van der Waals surface area contributed by atoms with Crippen molar-refractivity contribution in [1.82, 2.24) is 10.2 Å². The van der Waals surface area contributed by atoms with E-state index in [1.165, 1.54) is 18.2 Å². The van der Waals surface area contributed by atoms with Crippen molar-refractivity contribution in [3.8, 4) is 0 Å². The Morgan fingerprint density at radius 3 is 2.14 bits per heavy atom. The number of halogens is 3. The van der Waals surface area contributed by atoms with Crippen LogP contribution in [0.2, 0.25) is 0 Å². The van der Waals surface area contributed by atoms with Gasteiger partial charge in [-0.2, -0.15) is 13.2 Å². The predicted molar refractivity (Wildman–Crippen MR) is 128 cm³/mol. The van der Waals surface area contributed by atoms with Crippen LogP contribution in [0.5, 0.6) is 0 Å². The summed E-state index contributed by atoms with van der Waals surface area (Å²) in [5, 5.41) is 2.93. The number of hydrogen-bond donors (Lipinski definition) is 1. The fourth-order valence-electron chi connectivity index (χ4n) is 4.31. The van der Waals surface area contributed by atoms with Crippen LogP contribution in [0.1, 0.15) is 36.5 Å². The molecular formula is C27H29F3N2O4. The molecule has 36 heavy (non-hydrogen) atoms. The third-order valence-electron chi connectivity index (χ3n) is 5.96. The van der Waals surface area contributed by atoms with Crippen LogP contribution in [0.25, 0.3) is 0 Å². The molecule has 1 atom stereocenters. The number of nitrogens with zero attached hydrogens (tertiary/aromatic N) is 1. The van der Waals surface area contributed by atoms with E-state index in [0.717, 1.165) is 18.7 Å². The topological polar surface area (TPSA) is 67.9 Å². The number of rotatable bonds is 8. The van der Waals surface area contributed by atoms with Crippen LogP contribution in [-0.4, -0.2) is 44.1 Å². The number of esters is 2. The van der Waals surface area contributed by atoms with Gasteiger partial charge in [-0.1, -0.05) is 48.5 Å². The number of dihydropyridines is 1. The molecule has 2 aromatic rings. The number of likely N-dealkylation sites (N-methyl/N-ethyl adjacent to an activating group) is 1. The monoisotopic (exact) mass is 502 g/mol. The van der Waals surface area contributed by atoms with Crippen LogP contribution in [0.4, 0.5) is 13.2 Å². The van der Waals surface area contributed by atoms with Crippen molar-refractivity contribution in [2.45, 2.75) is 32.5 Å². The molecule has 9 heteroatoms. The number of allylic oxidation sites excluding steroid dienone is 2. The minimum Gasteiger partial charge on any atom is -0.466 e. The van der Waals surface area contributed by atoms with Gasteiger partial charge in [0.2, 0.25) is 0 Å². The summed E-state index contributed by atoms with van der Waals surface area (Å²) < 4.78 is 52.1. The maximum atomic E-state index is 13.9. The molecule has 1 aliphatic heterocycles. The number of alkyl halides is 3. The van der Waals surface area contributed by atoms with Crippen molar-refractivity contribution in [3.63, 3.8) is 0 Å². The highest BCUT2D eigenvalue weighted by molar-refractivity contribution is 6.00. The first-order valence-corrected chi connectivity index (χ1v) is 11.4. The Hall–Kier alpha value is -3.59. The zero-order valence-electron chi connectivity index (χ0n) is 20.6. The standard InChI is InChI=1S/C27H29F3N2O4/c1-17-22(25(33)35-4)24(20-12-8-9-13-21(20)27(28,29)30)23(18(2)31-17)26(34)36-15-14-32(3)16-19-10-6-5-7-11-19/h5-13,24,31H,14-16H2,1-4H3. The molecule has 0 saturated heterocycles. The molecule has 1 heterocycles. The number of methoxy groups -OCH3 is 1. The van der Waals surface area contributed by atoms with E-state index in [-0.39, 0.29) is 23.3 Å². The summed E-state index contributed by atoms with van der Waals surface area (Å²) in [6.07, 6.45) is -4.69. The number of ether oxygens (including phenoxy) is 2. The van der Waals surface area contributed by atoms with E-state index in [2.05, 4.69) is 5.32 Å². The van der Waals surface area contributed by atoms with Gasteiger partial charge in [0, 0.05) is 24.5 Å². The lowest BCUT2D eigenvalue weighted by Gasteiger charge is -2.31. The Morgan fingerprint density at radius 1 is 0.944 bits per heavy atom. The second kappa shape index (κ2) is 11.4. The van der Waals surface area contributed by atoms with Gasteiger partial charge in [0.05, 0.1) is 29.7 Å². The van der Waals surface area contributed by atoms with E-state index in [4.69, 9.17) is 9.47 Å². The number of carbonyl (C=O) groups is 2. The Morgan fingerprint density at radius 2 is 1.53 bits per heavy atom. The highest BCUT2D eigenvalue weighted by atomic mass is 19.4. The van der Waals surface area contributed by atoms with Gasteiger partial charge < -0.3 is 14.8 Å². The Bertz CT molecular complexity index is 1170. The third kappa shape index (κ3) is 6.15. The summed E-state index contributed by atoms with van der Waals surface area (Å²) in [5.41, 5.74) is 0.403. The van der Waals surface area contributed by atoms with Crippen molar-refractivity contribution in [1.29, 1.82) is 0 Å². The number of hydrogen-bond acceptors (Lipinski definition) is 6. The quantitative estimate of drug-likeness (QED) is 0.524. The summed E-state index contributed by atoms with van der Waals surface area (Å²) in [7, 11) is 3.01. The van der Waals surface area contributed by atoms with Gasteiger partial charge >= 0.3 is 18.1 Å². The normalized spacial score (nSPS) is 16.2. The molecule has 0 aromatic heterocycles. The minimum absolute atomic E-state index is 0.0167. The van der Waals surface area contributed by atoms with Crippen LogP contribution in [0.3, 0.4) is 0 Å². The summed E-state index contributed by atoms with van der Waals surface area (Å²) in [6, 6.07) is 14.6. The van der Waals surface area contributed by atoms with E-state index in [1.807, 2.05) is 42.3 Å². The minimum atomic E-state index is -4.69. The molecule has 6 nitrogen and oxygen atoms in total. The van der Waals surface area contributed by atoms with Crippen molar-refractivity contribution in [3.05, 3.63) is 93.8 Å². The van der Waals surface area contributed by atoms with Gasteiger partial charge in [-0.3, -0.25) is 4.90 Å². The second-order valence-electron chi connectivity index (χ2n) is 8.57. The van der Waals surface area contributed by atoms with Crippen LogP contribution in [0, 0.1) is 0 Å². The van der Waals surface area contributed by atoms with Gasteiger partial charge in [0.25, 0.3) is 0 Å². The highest BCUT2D eigenvalue weighted by Crippen LogP contribution is 2.44. The first-order valence-electron chi connectivity index (χ1n) is 11.4. The van der Waals surface area contributed by atoms with Crippen LogP contribution in [-0.2, 0) is 31.8 Å².